The molecule has 1 aromatic rings. The number of aliphatic carboxylic acids is 1. The van der Waals surface area contributed by atoms with E-state index in [1.807, 2.05) is 0 Å². The van der Waals surface area contributed by atoms with Crippen LogP contribution in [0.3, 0.4) is 0 Å². The van der Waals surface area contributed by atoms with Crippen molar-refractivity contribution >= 4 is 23.5 Å². The summed E-state index contributed by atoms with van der Waals surface area (Å²) in [7, 11) is 0. The average molecular weight is 280 g/mol. The van der Waals surface area contributed by atoms with E-state index < -0.39 is 30.5 Å². The molecule has 0 heterocycles. The number of nitrogens with one attached hydrogen (secondary N) is 1. The molecule has 0 aromatic heterocycles. The average Bonchev–Trinajstić information content (AvgIpc) is 2.42. The van der Waals surface area contributed by atoms with Gasteiger partial charge in [0.1, 0.15) is 6.61 Å². The molecule has 0 spiro atoms. The third-order valence-electron chi connectivity index (χ3n) is 2.51. The fraction of sp³-hybridized carbons (Fsp3) is 0.308. The number of hydrogen-bond acceptors (Lipinski definition) is 5. The number of nitrogens with two attached hydrogens (primary N) is 1. The second kappa shape index (κ2) is 7.13. The van der Waals surface area contributed by atoms with Crippen LogP contribution in [0.5, 0.6) is 0 Å². The molecular weight excluding hydrogens is 264 g/mol. The summed E-state index contributed by atoms with van der Waals surface area (Å²) in [6, 6.07) is 4.95. The number of para-hydroxylation sites is 1. The Balaban J connectivity index is 2.71. The van der Waals surface area contributed by atoms with E-state index in [0.717, 1.165) is 0 Å². The van der Waals surface area contributed by atoms with Crippen LogP contribution in [0.25, 0.3) is 0 Å². The molecule has 0 radical (unpaired) electrons. The molecule has 0 saturated carbocycles. The summed E-state index contributed by atoms with van der Waals surface area (Å²) in [5, 5.41) is 11.2. The normalized spacial score (nSPS) is 11.4. The Bertz CT molecular complexity index is 515. The third-order valence-corrected chi connectivity index (χ3v) is 2.51. The van der Waals surface area contributed by atoms with Gasteiger partial charge < -0.3 is 20.9 Å². The van der Waals surface area contributed by atoms with Gasteiger partial charge >= 0.3 is 11.9 Å². The number of anilines is 1. The maximum Gasteiger partial charge on any atom is 0.329 e. The number of amides is 1. The Hall–Kier alpha value is -2.57. The van der Waals surface area contributed by atoms with Gasteiger partial charge in [0.15, 0.2) is 6.04 Å². The molecule has 0 saturated heterocycles. The fourth-order valence-corrected chi connectivity index (χ4v) is 1.39. The van der Waals surface area contributed by atoms with Crippen molar-refractivity contribution in [2.45, 2.75) is 19.4 Å². The van der Waals surface area contributed by atoms with E-state index in [1.54, 1.807) is 19.1 Å². The highest BCUT2D eigenvalue weighted by atomic mass is 16.5. The molecule has 4 N–H and O–H groups in total. The quantitative estimate of drug-likeness (QED) is 0.513. The highest BCUT2D eigenvalue weighted by Crippen LogP contribution is 2.10. The molecule has 108 valence electrons. The standard InChI is InChI=1S/C13H16N2O5/c1-2-11(16)20-7-10(13(18)19)15-12(17)8-5-3-4-6-9(8)14/h3-6,10H,2,7,14H2,1H3,(H,15,17)(H,18,19)/t10-/m0/s1. The van der Waals surface area contributed by atoms with E-state index in [0.29, 0.717) is 0 Å². The monoisotopic (exact) mass is 280 g/mol. The lowest BCUT2D eigenvalue weighted by Crippen LogP contribution is -2.44. The lowest BCUT2D eigenvalue weighted by Gasteiger charge is -2.15. The second-order valence-electron chi connectivity index (χ2n) is 3.99. The first-order valence-corrected chi connectivity index (χ1v) is 5.99. The lowest BCUT2D eigenvalue weighted by atomic mass is 10.1. The molecule has 7 heteroatoms. The largest absolute Gasteiger partial charge is 0.480 e. The second-order valence-corrected chi connectivity index (χ2v) is 3.99. The van der Waals surface area contributed by atoms with Crippen molar-refractivity contribution in [1.82, 2.24) is 5.32 Å². The van der Waals surface area contributed by atoms with E-state index in [-0.39, 0.29) is 17.7 Å². The summed E-state index contributed by atoms with van der Waals surface area (Å²) < 4.78 is 4.72. The van der Waals surface area contributed by atoms with Crippen LogP contribution < -0.4 is 11.1 Å². The fourth-order valence-electron chi connectivity index (χ4n) is 1.39. The number of carbonyl (C=O) groups excluding carboxylic acids is 2. The number of esters is 1. The van der Waals surface area contributed by atoms with Crippen LogP contribution in [-0.4, -0.2) is 35.6 Å². The van der Waals surface area contributed by atoms with Gasteiger partial charge in [-0.15, -0.1) is 0 Å². The van der Waals surface area contributed by atoms with Crippen molar-refractivity contribution in [2.75, 3.05) is 12.3 Å². The van der Waals surface area contributed by atoms with Crippen LogP contribution in [0.1, 0.15) is 23.7 Å². The Labute approximate surface area is 115 Å². The molecule has 0 aliphatic rings. The lowest BCUT2D eigenvalue weighted by molar-refractivity contribution is -0.148. The summed E-state index contributed by atoms with van der Waals surface area (Å²) in [6.07, 6.45) is 0.131. The van der Waals surface area contributed by atoms with Gasteiger partial charge in [-0.3, -0.25) is 9.59 Å². The van der Waals surface area contributed by atoms with E-state index in [2.05, 4.69) is 5.32 Å². The Morgan fingerprint density at radius 2 is 2.00 bits per heavy atom. The van der Waals surface area contributed by atoms with E-state index >= 15 is 0 Å². The molecular formula is C13H16N2O5. The van der Waals surface area contributed by atoms with Gasteiger partial charge in [0.2, 0.25) is 0 Å². The minimum absolute atomic E-state index is 0.131. The topological polar surface area (TPSA) is 119 Å². The Morgan fingerprint density at radius 3 is 2.55 bits per heavy atom. The number of carboxylic acid groups (broad SMARTS) is 1. The zero-order valence-corrected chi connectivity index (χ0v) is 11.0. The van der Waals surface area contributed by atoms with Gasteiger partial charge in [0.05, 0.1) is 5.56 Å². The first-order chi connectivity index (χ1) is 9.45. The first-order valence-electron chi connectivity index (χ1n) is 5.99. The van der Waals surface area contributed by atoms with Crippen LogP contribution in [0, 0.1) is 0 Å². The van der Waals surface area contributed by atoms with Crippen LogP contribution in [0.15, 0.2) is 24.3 Å². The predicted octanol–water partition coefficient (Wildman–Crippen LogP) is 0.405. The number of nitrogen functional groups attached to an aromatic ring is 1. The minimum atomic E-state index is -1.32. The zero-order chi connectivity index (χ0) is 15.1. The molecule has 0 aliphatic heterocycles. The predicted molar refractivity (Wildman–Crippen MR) is 71.0 cm³/mol. The Morgan fingerprint density at radius 1 is 1.35 bits per heavy atom. The van der Waals surface area contributed by atoms with Crippen molar-refractivity contribution in [3.05, 3.63) is 29.8 Å². The maximum atomic E-state index is 11.9. The molecule has 0 aliphatic carbocycles. The van der Waals surface area contributed by atoms with Crippen molar-refractivity contribution in [1.29, 1.82) is 0 Å². The van der Waals surface area contributed by atoms with E-state index in [1.165, 1.54) is 12.1 Å². The number of hydrogen-bond donors (Lipinski definition) is 3. The molecule has 1 rings (SSSR count). The van der Waals surface area contributed by atoms with Gasteiger partial charge in [0, 0.05) is 12.1 Å². The van der Waals surface area contributed by atoms with Gasteiger partial charge in [0.25, 0.3) is 5.91 Å². The van der Waals surface area contributed by atoms with Crippen LogP contribution >= 0.6 is 0 Å². The van der Waals surface area contributed by atoms with Crippen molar-refractivity contribution in [3.63, 3.8) is 0 Å². The van der Waals surface area contributed by atoms with Crippen molar-refractivity contribution in [2.24, 2.45) is 0 Å². The Kier molecular flexibility index (Phi) is 5.52. The number of carbonyl (C=O) groups is 3. The smallest absolute Gasteiger partial charge is 0.329 e. The molecule has 1 atom stereocenters. The van der Waals surface area contributed by atoms with Crippen molar-refractivity contribution in [3.8, 4) is 0 Å². The number of carboxylic acids is 1. The highest BCUT2D eigenvalue weighted by Gasteiger charge is 2.23. The number of ether oxygens (including phenoxy) is 1. The molecule has 0 bridgehead atoms. The summed E-state index contributed by atoms with van der Waals surface area (Å²) in [5.74, 6) is -2.47. The van der Waals surface area contributed by atoms with Crippen molar-refractivity contribution < 1.29 is 24.2 Å². The minimum Gasteiger partial charge on any atom is -0.480 e. The van der Waals surface area contributed by atoms with Gasteiger partial charge in [-0.25, -0.2) is 4.79 Å². The van der Waals surface area contributed by atoms with Gasteiger partial charge in [-0.2, -0.15) is 0 Å². The molecule has 1 aromatic carbocycles. The highest BCUT2D eigenvalue weighted by molar-refractivity contribution is 6.00. The first kappa shape index (κ1) is 15.5. The molecule has 0 fully saturated rings. The zero-order valence-electron chi connectivity index (χ0n) is 11.0. The van der Waals surface area contributed by atoms with Crippen LogP contribution in [-0.2, 0) is 14.3 Å². The van der Waals surface area contributed by atoms with Gasteiger partial charge in [-0.1, -0.05) is 19.1 Å². The number of benzene rings is 1. The summed E-state index contributed by atoms with van der Waals surface area (Å²) in [6.45, 7) is 1.15. The number of rotatable bonds is 6. The van der Waals surface area contributed by atoms with E-state index in [4.69, 9.17) is 15.6 Å². The molecule has 0 unspecified atom stereocenters. The summed E-state index contributed by atoms with van der Waals surface area (Å²) >= 11 is 0. The maximum absolute atomic E-state index is 11.9. The van der Waals surface area contributed by atoms with Gasteiger partial charge in [-0.05, 0) is 12.1 Å². The van der Waals surface area contributed by atoms with E-state index in [9.17, 15) is 14.4 Å². The van der Waals surface area contributed by atoms with Crippen LogP contribution in [0.4, 0.5) is 5.69 Å². The summed E-state index contributed by atoms with van der Waals surface area (Å²) in [5.41, 5.74) is 6.03. The molecule has 20 heavy (non-hydrogen) atoms. The molecule has 7 nitrogen and oxygen atoms in total. The SMILES string of the molecule is CCC(=O)OC[C@H](NC(=O)c1ccccc1N)C(=O)O. The summed E-state index contributed by atoms with van der Waals surface area (Å²) in [4.78, 5) is 33.9. The third kappa shape index (κ3) is 4.27. The molecule has 1 amide bonds. The van der Waals surface area contributed by atoms with Crippen LogP contribution in [0.2, 0.25) is 0 Å².